The largest absolute Gasteiger partial charge is 0.456 e. The minimum Gasteiger partial charge on any atom is -0.456 e. The lowest BCUT2D eigenvalue weighted by molar-refractivity contribution is -0.214. The molecule has 186 valence electrons. The normalized spacial score (nSPS) is 45.7. The van der Waals surface area contributed by atoms with Gasteiger partial charge in [-0.2, -0.15) is 0 Å². The van der Waals surface area contributed by atoms with Gasteiger partial charge in [0.2, 0.25) is 0 Å². The summed E-state index contributed by atoms with van der Waals surface area (Å²) >= 11 is 0. The fraction of sp³-hybridized carbons (Fsp3) is 0.714. The Hall–Kier alpha value is -1.76. The van der Waals surface area contributed by atoms with Gasteiger partial charge in [-0.3, -0.25) is 4.79 Å². The second-order valence-electron chi connectivity index (χ2n) is 12.0. The Balaban J connectivity index is 1.48. The maximum Gasteiger partial charge on any atom is 0.334 e. The van der Waals surface area contributed by atoms with Crippen LogP contribution in [0.1, 0.15) is 72.6 Å². The van der Waals surface area contributed by atoms with Crippen molar-refractivity contribution in [2.75, 3.05) is 6.61 Å². The van der Waals surface area contributed by atoms with Crippen LogP contribution in [0.4, 0.5) is 0 Å². The van der Waals surface area contributed by atoms with E-state index >= 15 is 0 Å². The van der Waals surface area contributed by atoms with Crippen molar-refractivity contribution in [2.24, 2.45) is 28.6 Å². The molecule has 1 aliphatic heterocycles. The Kier molecular flexibility index (Phi) is 5.37. The molecule has 8 unspecified atom stereocenters. The van der Waals surface area contributed by atoms with Gasteiger partial charge in [0.25, 0.3) is 0 Å². The van der Waals surface area contributed by atoms with Gasteiger partial charge in [-0.25, -0.2) is 4.79 Å². The van der Waals surface area contributed by atoms with Crippen LogP contribution in [0.2, 0.25) is 0 Å². The number of rotatable bonds is 3. The fourth-order valence-corrected chi connectivity index (χ4v) is 8.55. The first-order valence-electron chi connectivity index (χ1n) is 12.8. The van der Waals surface area contributed by atoms with E-state index in [0.717, 1.165) is 18.4 Å². The van der Waals surface area contributed by atoms with Gasteiger partial charge in [0.05, 0.1) is 17.6 Å². The van der Waals surface area contributed by atoms with Gasteiger partial charge in [0, 0.05) is 23.8 Å². The second-order valence-corrected chi connectivity index (χ2v) is 12.0. The molecule has 0 aromatic heterocycles. The van der Waals surface area contributed by atoms with Crippen molar-refractivity contribution in [3.63, 3.8) is 0 Å². The van der Waals surface area contributed by atoms with Gasteiger partial charge < -0.3 is 20.1 Å². The van der Waals surface area contributed by atoms with E-state index in [2.05, 4.69) is 26.0 Å². The van der Waals surface area contributed by atoms with Crippen LogP contribution in [-0.2, 0) is 14.3 Å². The number of hydrogen-bond acceptors (Lipinski definition) is 6. The summed E-state index contributed by atoms with van der Waals surface area (Å²) < 4.78 is 5.67. The van der Waals surface area contributed by atoms with Crippen molar-refractivity contribution < 1.29 is 29.6 Å². The number of ketones is 1. The molecule has 1 heterocycles. The zero-order valence-corrected chi connectivity index (χ0v) is 20.8. The maximum absolute atomic E-state index is 13.1. The summed E-state index contributed by atoms with van der Waals surface area (Å²) in [6.45, 7) is 7.27. The molecule has 0 aromatic carbocycles. The molecular formula is C28H38O6. The average Bonchev–Trinajstić information content (AvgIpc) is 3.08. The van der Waals surface area contributed by atoms with Crippen LogP contribution in [0, 0.1) is 28.6 Å². The molecule has 6 heteroatoms. The highest BCUT2D eigenvalue weighted by atomic mass is 16.6. The molecule has 0 bridgehead atoms. The number of aliphatic hydroxyl groups excluding tert-OH is 1. The summed E-state index contributed by atoms with van der Waals surface area (Å²) in [7, 11) is 0. The highest BCUT2D eigenvalue weighted by Crippen LogP contribution is 2.68. The monoisotopic (exact) mass is 470 g/mol. The lowest BCUT2D eigenvalue weighted by Crippen LogP contribution is -2.64. The molecular weight excluding hydrogens is 432 g/mol. The van der Waals surface area contributed by atoms with Crippen LogP contribution in [0.5, 0.6) is 0 Å². The molecule has 0 amide bonds. The fourth-order valence-electron chi connectivity index (χ4n) is 8.55. The first-order valence-corrected chi connectivity index (χ1v) is 12.8. The summed E-state index contributed by atoms with van der Waals surface area (Å²) in [5, 5.41) is 34.0. The highest BCUT2D eigenvalue weighted by Gasteiger charge is 2.70. The summed E-state index contributed by atoms with van der Waals surface area (Å²) in [5.41, 5.74) is -1.40. The number of hydrogen-bond donors (Lipinski definition) is 3. The lowest BCUT2D eigenvalue weighted by atomic mass is 9.45. The van der Waals surface area contributed by atoms with E-state index < -0.39 is 34.1 Å². The number of aliphatic hydroxyl groups is 3. The van der Waals surface area contributed by atoms with Crippen LogP contribution in [0.15, 0.2) is 34.9 Å². The highest BCUT2D eigenvalue weighted by molar-refractivity contribution is 5.92. The molecule has 0 aromatic rings. The lowest BCUT2D eigenvalue weighted by Gasteiger charge is -2.61. The molecule has 4 aliphatic carbocycles. The quantitative estimate of drug-likeness (QED) is 0.546. The van der Waals surface area contributed by atoms with Crippen LogP contribution >= 0.6 is 0 Å². The number of allylic oxidation sites excluding steroid dienone is 4. The zero-order valence-electron chi connectivity index (χ0n) is 20.8. The minimum absolute atomic E-state index is 0.0553. The van der Waals surface area contributed by atoms with E-state index in [-0.39, 0.29) is 30.1 Å². The molecule has 2 fully saturated rings. The average molecular weight is 471 g/mol. The number of carbonyl (C=O) groups excluding carboxylic acids is 2. The minimum atomic E-state index is -1.36. The molecule has 0 spiro atoms. The SMILES string of the molecule is CC1=C(CO)CC(C(C)(O)C2CCC3(O)C4CC=C5C=CCC(=O)C5(C)C4CCC23C)OC1=O. The van der Waals surface area contributed by atoms with E-state index in [4.69, 9.17) is 4.74 Å². The smallest absolute Gasteiger partial charge is 0.334 e. The predicted octanol–water partition coefficient (Wildman–Crippen LogP) is 3.40. The molecule has 0 saturated heterocycles. The standard InChI is InChI=1S/C28H38O6/c1-16-17(15-29)14-23(34-24(16)31)27(4,32)21-11-13-28(33)20-9-8-18-6-5-7-22(30)26(18,3)19(20)10-12-25(21,28)2/h5-6,8,19-21,23,29,32-33H,7,9-15H2,1-4H3. The summed E-state index contributed by atoms with van der Waals surface area (Å²) in [4.78, 5) is 25.6. The Morgan fingerprint density at radius 3 is 2.62 bits per heavy atom. The first kappa shape index (κ1) is 24.0. The van der Waals surface area contributed by atoms with Crippen molar-refractivity contribution in [2.45, 2.75) is 89.9 Å². The van der Waals surface area contributed by atoms with E-state index in [9.17, 15) is 24.9 Å². The topological polar surface area (TPSA) is 104 Å². The van der Waals surface area contributed by atoms with Crippen LogP contribution in [0.25, 0.3) is 0 Å². The van der Waals surface area contributed by atoms with Gasteiger partial charge in [-0.15, -0.1) is 0 Å². The number of fused-ring (bicyclic) bond motifs is 5. The van der Waals surface area contributed by atoms with Crippen molar-refractivity contribution in [1.29, 1.82) is 0 Å². The third kappa shape index (κ3) is 2.91. The van der Waals surface area contributed by atoms with E-state index in [1.807, 2.05) is 6.08 Å². The number of ether oxygens (including phenoxy) is 1. The summed E-state index contributed by atoms with van der Waals surface area (Å²) in [5.74, 6) is -0.518. The Labute approximate surface area is 201 Å². The molecule has 5 rings (SSSR count). The van der Waals surface area contributed by atoms with Crippen molar-refractivity contribution in [3.05, 3.63) is 34.9 Å². The number of cyclic esters (lactones) is 1. The van der Waals surface area contributed by atoms with E-state index in [1.54, 1.807) is 13.8 Å². The third-order valence-electron chi connectivity index (χ3n) is 10.8. The molecule has 2 saturated carbocycles. The zero-order chi connectivity index (χ0) is 24.7. The van der Waals surface area contributed by atoms with Gasteiger partial charge in [0.15, 0.2) is 0 Å². The molecule has 3 N–H and O–H groups in total. The van der Waals surface area contributed by atoms with E-state index in [0.29, 0.717) is 43.3 Å². The Morgan fingerprint density at radius 2 is 1.91 bits per heavy atom. The van der Waals surface area contributed by atoms with Crippen LogP contribution < -0.4 is 0 Å². The predicted molar refractivity (Wildman–Crippen MR) is 126 cm³/mol. The van der Waals surface area contributed by atoms with Crippen molar-refractivity contribution in [3.8, 4) is 0 Å². The van der Waals surface area contributed by atoms with Gasteiger partial charge in [0.1, 0.15) is 17.5 Å². The van der Waals surface area contributed by atoms with Crippen molar-refractivity contribution in [1.82, 2.24) is 0 Å². The van der Waals surface area contributed by atoms with Crippen LogP contribution in [0.3, 0.4) is 0 Å². The summed E-state index contributed by atoms with van der Waals surface area (Å²) in [6, 6.07) is 0. The Morgan fingerprint density at radius 1 is 1.18 bits per heavy atom. The summed E-state index contributed by atoms with van der Waals surface area (Å²) in [6.07, 6.45) is 9.56. The molecule has 34 heavy (non-hydrogen) atoms. The maximum atomic E-state index is 13.1. The number of carbonyl (C=O) groups is 2. The van der Waals surface area contributed by atoms with Gasteiger partial charge in [-0.05, 0) is 81.8 Å². The number of esters is 1. The van der Waals surface area contributed by atoms with Crippen molar-refractivity contribution >= 4 is 11.8 Å². The number of Topliss-reactive ketones (excluding diaryl/α,β-unsaturated/α-hetero) is 1. The van der Waals surface area contributed by atoms with E-state index in [1.165, 1.54) is 0 Å². The molecule has 5 aliphatic rings. The molecule has 6 nitrogen and oxygen atoms in total. The Bertz CT molecular complexity index is 1020. The third-order valence-corrected chi connectivity index (χ3v) is 10.8. The molecule has 8 atom stereocenters. The molecule has 0 radical (unpaired) electrons. The van der Waals surface area contributed by atoms with Gasteiger partial charge >= 0.3 is 5.97 Å². The van der Waals surface area contributed by atoms with Crippen LogP contribution in [-0.4, -0.2) is 51.0 Å². The van der Waals surface area contributed by atoms with Gasteiger partial charge in [-0.1, -0.05) is 25.2 Å². The first-order chi connectivity index (χ1) is 15.9. The second kappa shape index (κ2) is 7.62.